The lowest BCUT2D eigenvalue weighted by atomic mass is 10.1. The minimum absolute atomic E-state index is 0.0701. The maximum absolute atomic E-state index is 11.7. The van der Waals surface area contributed by atoms with Crippen LogP contribution in [0.4, 0.5) is 0 Å². The van der Waals surface area contributed by atoms with Gasteiger partial charge in [-0.15, -0.1) is 0 Å². The Balaban J connectivity index is 2.76. The lowest BCUT2D eigenvalue weighted by molar-refractivity contribution is 0.0963. The highest BCUT2D eigenvalue weighted by Crippen LogP contribution is 2.24. The zero-order valence-corrected chi connectivity index (χ0v) is 8.41. The summed E-state index contributed by atoms with van der Waals surface area (Å²) >= 11 is 0. The fraction of sp³-hybridized carbons (Fsp3) is 0.222. The van der Waals surface area contributed by atoms with Crippen LogP contribution in [0, 0.1) is 0 Å². The topological polar surface area (TPSA) is 54.5 Å². The van der Waals surface area contributed by atoms with Gasteiger partial charge in [-0.2, -0.15) is 4.31 Å². The van der Waals surface area contributed by atoms with E-state index in [2.05, 4.69) is 0 Å². The molecule has 1 aromatic carbocycles. The van der Waals surface area contributed by atoms with Crippen molar-refractivity contribution >= 4 is 15.8 Å². The Morgan fingerprint density at radius 2 is 1.93 bits per heavy atom. The molecule has 0 fully saturated rings. The van der Waals surface area contributed by atoms with E-state index < -0.39 is 10.0 Å². The molecule has 0 unspecified atom stereocenters. The molecule has 5 heteroatoms. The van der Waals surface area contributed by atoms with Crippen LogP contribution in [0.15, 0.2) is 29.2 Å². The Labute approximate surface area is 82.2 Å². The van der Waals surface area contributed by atoms with Crippen molar-refractivity contribution in [1.29, 1.82) is 0 Å². The van der Waals surface area contributed by atoms with E-state index in [0.29, 0.717) is 5.56 Å². The highest BCUT2D eigenvalue weighted by atomic mass is 32.2. The van der Waals surface area contributed by atoms with E-state index in [9.17, 15) is 13.2 Å². The van der Waals surface area contributed by atoms with E-state index >= 15 is 0 Å². The average molecular weight is 211 g/mol. The van der Waals surface area contributed by atoms with Crippen LogP contribution in [-0.4, -0.2) is 32.1 Å². The Kier molecular flexibility index (Phi) is 1.94. The quantitative estimate of drug-likeness (QED) is 0.628. The first-order chi connectivity index (χ1) is 6.53. The summed E-state index contributed by atoms with van der Waals surface area (Å²) in [4.78, 5) is 11.6. The van der Waals surface area contributed by atoms with Gasteiger partial charge < -0.3 is 0 Å². The molecule has 1 aliphatic heterocycles. The predicted molar refractivity (Wildman–Crippen MR) is 50.6 cm³/mol. The summed E-state index contributed by atoms with van der Waals surface area (Å²) in [6, 6.07) is 6.28. The molecule has 0 N–H and O–H groups in total. The first kappa shape index (κ1) is 9.36. The number of likely N-dealkylation sites (N-methyl/N-ethyl adjacent to an activating group) is 1. The second-order valence-electron chi connectivity index (χ2n) is 3.18. The fourth-order valence-corrected chi connectivity index (χ4v) is 2.80. The maximum Gasteiger partial charge on any atom is 0.243 e. The Hall–Kier alpha value is -1.20. The number of hydrogen-bond donors (Lipinski definition) is 0. The minimum Gasteiger partial charge on any atom is -0.293 e. The van der Waals surface area contributed by atoms with E-state index in [0.717, 1.165) is 4.31 Å². The Morgan fingerprint density at radius 3 is 2.64 bits per heavy atom. The van der Waals surface area contributed by atoms with Crippen LogP contribution in [0.1, 0.15) is 10.4 Å². The number of carbonyl (C=O) groups is 1. The van der Waals surface area contributed by atoms with Gasteiger partial charge in [-0.25, -0.2) is 8.42 Å². The number of benzene rings is 1. The smallest absolute Gasteiger partial charge is 0.243 e. The maximum atomic E-state index is 11.7. The molecule has 4 nitrogen and oxygen atoms in total. The average Bonchev–Trinajstić information content (AvgIpc) is 2.16. The van der Waals surface area contributed by atoms with Gasteiger partial charge in [0.2, 0.25) is 10.0 Å². The number of ketones is 1. The number of nitrogens with zero attached hydrogens (tertiary/aromatic N) is 1. The van der Waals surface area contributed by atoms with Crippen molar-refractivity contribution < 1.29 is 13.2 Å². The molecule has 0 saturated carbocycles. The zero-order chi connectivity index (χ0) is 10.3. The van der Waals surface area contributed by atoms with E-state index in [4.69, 9.17) is 0 Å². The molecular formula is C9H9NO3S. The van der Waals surface area contributed by atoms with E-state index in [1.807, 2.05) is 0 Å². The normalized spacial score (nSPS) is 20.5. The van der Waals surface area contributed by atoms with Gasteiger partial charge in [0.05, 0.1) is 11.4 Å². The summed E-state index contributed by atoms with van der Waals surface area (Å²) in [7, 11) is -2.04. The van der Waals surface area contributed by atoms with Crippen LogP contribution >= 0.6 is 0 Å². The standard InChI is InChI=1S/C9H9NO3S/c1-10-6-8(11)7-4-2-3-5-9(7)14(10,12)13/h2-5H,6H2,1H3. The van der Waals surface area contributed by atoms with Crippen molar-refractivity contribution in [3.8, 4) is 0 Å². The van der Waals surface area contributed by atoms with Gasteiger partial charge in [0, 0.05) is 12.6 Å². The molecule has 0 spiro atoms. The lowest BCUT2D eigenvalue weighted by Gasteiger charge is -2.23. The largest absolute Gasteiger partial charge is 0.293 e. The molecule has 0 radical (unpaired) electrons. The van der Waals surface area contributed by atoms with E-state index in [1.54, 1.807) is 18.2 Å². The molecule has 0 saturated heterocycles. The van der Waals surface area contributed by atoms with Crippen molar-refractivity contribution in [2.45, 2.75) is 4.90 Å². The van der Waals surface area contributed by atoms with Crippen LogP contribution in [0.5, 0.6) is 0 Å². The molecule has 0 atom stereocenters. The molecule has 1 aliphatic rings. The van der Waals surface area contributed by atoms with Crippen LogP contribution in [0.3, 0.4) is 0 Å². The molecule has 74 valence electrons. The second-order valence-corrected chi connectivity index (χ2v) is 5.19. The van der Waals surface area contributed by atoms with Gasteiger partial charge in [-0.1, -0.05) is 12.1 Å². The third-order valence-corrected chi connectivity index (χ3v) is 4.10. The van der Waals surface area contributed by atoms with E-state index in [-0.39, 0.29) is 17.2 Å². The molecule has 14 heavy (non-hydrogen) atoms. The lowest BCUT2D eigenvalue weighted by Crippen LogP contribution is -2.37. The number of Topliss-reactive ketones (excluding diaryl/α,β-unsaturated/α-hetero) is 1. The summed E-state index contributed by atoms with van der Waals surface area (Å²) in [6.07, 6.45) is 0. The van der Waals surface area contributed by atoms with Crippen LogP contribution in [0.25, 0.3) is 0 Å². The zero-order valence-electron chi connectivity index (χ0n) is 7.60. The number of carbonyl (C=O) groups excluding carboxylic acids is 1. The van der Waals surface area contributed by atoms with Gasteiger partial charge in [-0.3, -0.25) is 4.79 Å². The molecule has 0 aliphatic carbocycles. The van der Waals surface area contributed by atoms with Crippen molar-refractivity contribution in [2.75, 3.05) is 13.6 Å². The molecule has 2 rings (SSSR count). The molecule has 0 bridgehead atoms. The molecule has 0 amide bonds. The number of hydrogen-bond acceptors (Lipinski definition) is 3. The third-order valence-electron chi connectivity index (χ3n) is 2.24. The summed E-state index contributed by atoms with van der Waals surface area (Å²) in [5.74, 6) is -0.155. The predicted octanol–water partition coefficient (Wildman–Crippen LogP) is 0.503. The van der Waals surface area contributed by atoms with Gasteiger partial charge in [-0.05, 0) is 12.1 Å². The highest BCUT2D eigenvalue weighted by molar-refractivity contribution is 7.89. The second kappa shape index (κ2) is 2.90. The van der Waals surface area contributed by atoms with Crippen molar-refractivity contribution in [1.82, 2.24) is 4.31 Å². The first-order valence-corrected chi connectivity index (χ1v) is 5.56. The number of sulfonamides is 1. The summed E-state index contributed by atoms with van der Waals surface area (Å²) < 4.78 is 24.5. The molecular weight excluding hydrogens is 202 g/mol. The fourth-order valence-electron chi connectivity index (χ4n) is 1.46. The SMILES string of the molecule is CN1CC(=O)c2ccccc2S1(=O)=O. The van der Waals surface area contributed by atoms with Crippen LogP contribution in [-0.2, 0) is 10.0 Å². The number of rotatable bonds is 0. The Bertz CT molecular complexity index is 493. The van der Waals surface area contributed by atoms with Crippen molar-refractivity contribution in [2.24, 2.45) is 0 Å². The Morgan fingerprint density at radius 1 is 1.29 bits per heavy atom. The summed E-state index contributed by atoms with van der Waals surface area (Å²) in [5, 5.41) is 0. The first-order valence-electron chi connectivity index (χ1n) is 4.12. The van der Waals surface area contributed by atoms with Gasteiger partial charge >= 0.3 is 0 Å². The monoisotopic (exact) mass is 211 g/mol. The van der Waals surface area contributed by atoms with Crippen LogP contribution < -0.4 is 0 Å². The van der Waals surface area contributed by atoms with E-state index in [1.165, 1.54) is 13.1 Å². The molecule has 0 aromatic heterocycles. The third kappa shape index (κ3) is 1.17. The minimum atomic E-state index is -3.44. The van der Waals surface area contributed by atoms with Gasteiger partial charge in [0.15, 0.2) is 5.78 Å². The van der Waals surface area contributed by atoms with Gasteiger partial charge in [0.1, 0.15) is 0 Å². The molecule has 1 aromatic rings. The van der Waals surface area contributed by atoms with Crippen molar-refractivity contribution in [3.63, 3.8) is 0 Å². The highest BCUT2D eigenvalue weighted by Gasteiger charge is 2.32. The number of fused-ring (bicyclic) bond motifs is 1. The van der Waals surface area contributed by atoms with Crippen LogP contribution in [0.2, 0.25) is 0 Å². The van der Waals surface area contributed by atoms with Gasteiger partial charge in [0.25, 0.3) is 0 Å². The molecule has 1 heterocycles. The summed E-state index contributed by atoms with van der Waals surface area (Å²) in [6.45, 7) is -0.0701. The summed E-state index contributed by atoms with van der Waals surface area (Å²) in [5.41, 5.74) is 0.297. The van der Waals surface area contributed by atoms with Crippen molar-refractivity contribution in [3.05, 3.63) is 29.8 Å².